The second kappa shape index (κ2) is 6.19. The highest BCUT2D eigenvalue weighted by Crippen LogP contribution is 2.40. The van der Waals surface area contributed by atoms with Crippen LogP contribution in [0.15, 0.2) is 60.0 Å². The van der Waals surface area contributed by atoms with Crippen molar-refractivity contribution in [1.82, 2.24) is 4.31 Å². The maximum Gasteiger partial charge on any atom is 0.244 e. The van der Waals surface area contributed by atoms with Gasteiger partial charge in [0.2, 0.25) is 10.0 Å². The van der Waals surface area contributed by atoms with E-state index in [2.05, 4.69) is 6.58 Å². The van der Waals surface area contributed by atoms with Gasteiger partial charge in [-0.15, -0.1) is 6.58 Å². The molecule has 1 saturated heterocycles. The fourth-order valence-electron chi connectivity index (χ4n) is 3.62. The van der Waals surface area contributed by atoms with Gasteiger partial charge in [-0.2, -0.15) is 4.31 Å². The van der Waals surface area contributed by atoms with E-state index in [9.17, 15) is 8.42 Å². The highest BCUT2D eigenvalue weighted by atomic mass is 32.2. The number of aryl methyl sites for hydroxylation is 3. The summed E-state index contributed by atoms with van der Waals surface area (Å²) in [5, 5.41) is 0. The van der Waals surface area contributed by atoms with Crippen LogP contribution in [0.4, 0.5) is 0 Å². The molecule has 126 valence electrons. The SMILES string of the molecule is C=C[C@H]1[C@H](Cc2ccccc2)N1S(=O)(=O)c1c(C)cc(C)cc1C. The van der Waals surface area contributed by atoms with Gasteiger partial charge in [0, 0.05) is 0 Å². The smallest absolute Gasteiger partial charge is 0.207 e. The Morgan fingerprint density at radius 3 is 2.21 bits per heavy atom. The largest absolute Gasteiger partial charge is 0.244 e. The molecule has 0 aromatic heterocycles. The molecule has 2 aromatic carbocycles. The van der Waals surface area contributed by atoms with Crippen LogP contribution in [0.5, 0.6) is 0 Å². The van der Waals surface area contributed by atoms with E-state index in [1.54, 1.807) is 10.4 Å². The Morgan fingerprint density at radius 1 is 1.08 bits per heavy atom. The number of hydrogen-bond donors (Lipinski definition) is 0. The van der Waals surface area contributed by atoms with Gasteiger partial charge in [-0.3, -0.25) is 0 Å². The third-order valence-electron chi connectivity index (χ3n) is 4.59. The first-order valence-electron chi connectivity index (χ1n) is 8.14. The quantitative estimate of drug-likeness (QED) is 0.613. The van der Waals surface area contributed by atoms with Crippen LogP contribution in [0.2, 0.25) is 0 Å². The van der Waals surface area contributed by atoms with Gasteiger partial charge in [0.05, 0.1) is 17.0 Å². The third-order valence-corrected chi connectivity index (χ3v) is 6.82. The minimum atomic E-state index is -3.51. The molecule has 3 atom stereocenters. The van der Waals surface area contributed by atoms with Gasteiger partial charge in [0.1, 0.15) is 0 Å². The normalized spacial score (nSPS) is 23.0. The second-order valence-corrected chi connectivity index (χ2v) is 8.33. The number of rotatable bonds is 5. The van der Waals surface area contributed by atoms with Crippen molar-refractivity contribution in [3.63, 3.8) is 0 Å². The Morgan fingerprint density at radius 2 is 1.67 bits per heavy atom. The van der Waals surface area contributed by atoms with Crippen molar-refractivity contribution in [3.8, 4) is 0 Å². The van der Waals surface area contributed by atoms with Gasteiger partial charge >= 0.3 is 0 Å². The zero-order valence-electron chi connectivity index (χ0n) is 14.4. The molecule has 4 heteroatoms. The monoisotopic (exact) mass is 341 g/mol. The van der Waals surface area contributed by atoms with Crippen LogP contribution in [0.3, 0.4) is 0 Å². The summed E-state index contributed by atoms with van der Waals surface area (Å²) in [6.07, 6.45) is 2.45. The summed E-state index contributed by atoms with van der Waals surface area (Å²) in [6, 6.07) is 13.7. The van der Waals surface area contributed by atoms with Crippen molar-refractivity contribution in [2.45, 2.75) is 44.2 Å². The summed E-state index contributed by atoms with van der Waals surface area (Å²) in [5.74, 6) is 0. The van der Waals surface area contributed by atoms with E-state index in [0.717, 1.165) is 22.3 Å². The summed E-state index contributed by atoms with van der Waals surface area (Å²) >= 11 is 0. The molecule has 24 heavy (non-hydrogen) atoms. The molecule has 1 unspecified atom stereocenters. The van der Waals surface area contributed by atoms with Crippen molar-refractivity contribution in [1.29, 1.82) is 0 Å². The van der Waals surface area contributed by atoms with E-state index < -0.39 is 10.0 Å². The highest BCUT2D eigenvalue weighted by Gasteiger charge is 2.54. The Hall–Kier alpha value is -1.91. The molecule has 0 amide bonds. The maximum atomic E-state index is 13.2. The topological polar surface area (TPSA) is 37.1 Å². The molecule has 0 aliphatic carbocycles. The lowest BCUT2D eigenvalue weighted by molar-refractivity contribution is 0.547. The lowest BCUT2D eigenvalue weighted by Crippen LogP contribution is -2.19. The Kier molecular flexibility index (Phi) is 4.37. The lowest BCUT2D eigenvalue weighted by Gasteiger charge is -2.13. The van der Waals surface area contributed by atoms with Crippen LogP contribution in [-0.2, 0) is 16.4 Å². The first kappa shape index (κ1) is 16.9. The molecule has 1 heterocycles. The Balaban J connectivity index is 1.94. The average Bonchev–Trinajstić information content (AvgIpc) is 3.20. The Labute approximate surface area is 144 Å². The van der Waals surface area contributed by atoms with E-state index in [1.807, 2.05) is 63.2 Å². The third kappa shape index (κ3) is 2.92. The molecule has 0 saturated carbocycles. The van der Waals surface area contributed by atoms with Crippen LogP contribution in [0.25, 0.3) is 0 Å². The van der Waals surface area contributed by atoms with Gasteiger partial charge in [-0.1, -0.05) is 54.1 Å². The summed E-state index contributed by atoms with van der Waals surface area (Å²) in [6.45, 7) is 9.54. The molecule has 3 nitrogen and oxygen atoms in total. The van der Waals surface area contributed by atoms with E-state index in [4.69, 9.17) is 0 Å². The highest BCUT2D eigenvalue weighted by molar-refractivity contribution is 7.89. The predicted octanol–water partition coefficient (Wildman–Crippen LogP) is 3.78. The van der Waals surface area contributed by atoms with Crippen LogP contribution >= 0.6 is 0 Å². The number of sulfonamides is 1. The number of nitrogens with zero attached hydrogens (tertiary/aromatic N) is 1. The van der Waals surface area contributed by atoms with E-state index in [0.29, 0.717) is 11.3 Å². The van der Waals surface area contributed by atoms with Crippen molar-refractivity contribution >= 4 is 10.0 Å². The Bertz CT molecular complexity index is 849. The minimum Gasteiger partial charge on any atom is -0.207 e. The first-order chi connectivity index (χ1) is 11.4. The van der Waals surface area contributed by atoms with Gasteiger partial charge in [-0.05, 0) is 43.9 Å². The molecule has 0 N–H and O–H groups in total. The van der Waals surface area contributed by atoms with Crippen LogP contribution < -0.4 is 0 Å². The summed E-state index contributed by atoms with van der Waals surface area (Å²) in [4.78, 5) is 0.440. The van der Waals surface area contributed by atoms with Crippen molar-refractivity contribution in [2.24, 2.45) is 0 Å². The minimum absolute atomic E-state index is 0.0463. The zero-order chi connectivity index (χ0) is 17.5. The van der Waals surface area contributed by atoms with Gasteiger partial charge < -0.3 is 0 Å². The van der Waals surface area contributed by atoms with Crippen molar-refractivity contribution in [3.05, 3.63) is 77.4 Å². The van der Waals surface area contributed by atoms with Gasteiger partial charge in [0.25, 0.3) is 0 Å². The standard InChI is InChI=1S/C20H23NO2S/c1-5-18-19(13-17-9-7-6-8-10-17)21(18)24(22,23)20-15(3)11-14(2)12-16(20)4/h5-12,18-19H,1,13H2,2-4H3/t18-,19-,21?/m0/s1. The van der Waals surface area contributed by atoms with Crippen molar-refractivity contribution in [2.75, 3.05) is 0 Å². The van der Waals surface area contributed by atoms with Crippen molar-refractivity contribution < 1.29 is 8.42 Å². The molecular weight excluding hydrogens is 318 g/mol. The summed E-state index contributed by atoms with van der Waals surface area (Å²) < 4.78 is 28.0. The number of benzene rings is 2. The fourth-order valence-corrected chi connectivity index (χ4v) is 5.81. The molecule has 2 aromatic rings. The molecule has 3 rings (SSSR count). The van der Waals surface area contributed by atoms with Gasteiger partial charge in [-0.25, -0.2) is 8.42 Å². The average molecular weight is 341 g/mol. The summed E-state index contributed by atoms with van der Waals surface area (Å²) in [7, 11) is -3.51. The van der Waals surface area contributed by atoms with Crippen LogP contribution in [0, 0.1) is 20.8 Å². The fraction of sp³-hybridized carbons (Fsp3) is 0.300. The van der Waals surface area contributed by atoms with E-state index in [-0.39, 0.29) is 12.1 Å². The van der Waals surface area contributed by atoms with E-state index >= 15 is 0 Å². The second-order valence-electron chi connectivity index (χ2n) is 6.55. The zero-order valence-corrected chi connectivity index (χ0v) is 15.2. The number of hydrogen-bond acceptors (Lipinski definition) is 2. The summed E-state index contributed by atoms with van der Waals surface area (Å²) in [5.41, 5.74) is 3.83. The van der Waals surface area contributed by atoms with E-state index in [1.165, 1.54) is 0 Å². The lowest BCUT2D eigenvalue weighted by atomic mass is 10.1. The molecular formula is C20H23NO2S. The molecule has 0 spiro atoms. The first-order valence-corrected chi connectivity index (χ1v) is 9.58. The van der Waals surface area contributed by atoms with Crippen LogP contribution in [-0.4, -0.2) is 24.8 Å². The van der Waals surface area contributed by atoms with Gasteiger partial charge in [0.15, 0.2) is 0 Å². The van der Waals surface area contributed by atoms with Crippen LogP contribution in [0.1, 0.15) is 22.3 Å². The molecule has 1 aliphatic rings. The molecule has 1 aliphatic heterocycles. The predicted molar refractivity (Wildman–Crippen MR) is 97.6 cm³/mol. The molecule has 0 bridgehead atoms. The molecule has 1 fully saturated rings. The molecule has 0 radical (unpaired) electrons. The maximum absolute atomic E-state index is 13.2.